The molecule has 8 atom stereocenters. The quantitative estimate of drug-likeness (QED) is 0.193. The molecule has 0 heterocycles. The zero-order valence-corrected chi connectivity index (χ0v) is 30.1. The summed E-state index contributed by atoms with van der Waals surface area (Å²) in [5.41, 5.74) is 0. The maximum absolute atomic E-state index is 10.2. The molecule has 0 amide bonds. The van der Waals surface area contributed by atoms with Crippen LogP contribution in [0.15, 0.2) is 0 Å². The molecule has 0 aromatic rings. The Morgan fingerprint density at radius 3 is 0.622 bits per heavy atom. The van der Waals surface area contributed by atoms with Crippen molar-refractivity contribution in [1.82, 2.24) is 0 Å². The predicted molar refractivity (Wildman–Crippen MR) is 123 cm³/mol. The Bertz CT molecular complexity index is 615. The van der Waals surface area contributed by atoms with Gasteiger partial charge in [0.2, 0.25) is 0 Å². The minimum Gasteiger partial charge on any atom is -0.781 e. The molecule has 8 unspecified atom stereocenters. The maximum Gasteiger partial charge on any atom is 4.00 e. The van der Waals surface area contributed by atoms with Gasteiger partial charge >= 0.3 is 53.4 Å². The van der Waals surface area contributed by atoms with Gasteiger partial charge in [0.15, 0.2) is 0 Å². The number of hydrogen-bond donors (Lipinski definition) is 0. The summed E-state index contributed by atoms with van der Waals surface area (Å²) in [5, 5.41) is 0. The first kappa shape index (κ1) is 48.7. The Balaban J connectivity index is -0.000000122. The second-order valence-electron chi connectivity index (χ2n) is 4.14. The number of rotatable bonds is 16. The third kappa shape index (κ3) is 54.7. The van der Waals surface area contributed by atoms with Crippen LogP contribution in [0, 0.1) is 0 Å². The second-order valence-corrected chi connectivity index (χ2v) is 12.6. The third-order valence-electron chi connectivity index (χ3n) is 1.72. The van der Waals surface area contributed by atoms with Crippen LogP contribution in [0.5, 0.6) is 0 Å². The molecule has 1 radical (unpaired) electrons. The van der Waals surface area contributed by atoms with E-state index in [1.807, 2.05) is 0 Å². The van der Waals surface area contributed by atoms with Crippen LogP contribution < -0.4 is 19.6 Å². The van der Waals surface area contributed by atoms with Crippen molar-refractivity contribution < 1.29 is 112 Å². The summed E-state index contributed by atoms with van der Waals surface area (Å²) in [6, 6.07) is 0. The first-order valence-electron chi connectivity index (χ1n) is 8.88. The molecule has 0 N–H and O–H groups in total. The van der Waals surface area contributed by atoms with Crippen LogP contribution in [-0.2, 0) is 92.3 Å². The van der Waals surface area contributed by atoms with Crippen LogP contribution in [0.1, 0.15) is 27.7 Å². The van der Waals surface area contributed by atoms with Gasteiger partial charge in [-0.1, -0.05) is 0 Å². The van der Waals surface area contributed by atoms with Crippen LogP contribution in [0.25, 0.3) is 0 Å². The molecule has 0 bridgehead atoms. The van der Waals surface area contributed by atoms with Gasteiger partial charge in [0.25, 0.3) is 0 Å². The summed E-state index contributed by atoms with van der Waals surface area (Å²) in [5.74, 6) is 0. The summed E-state index contributed by atoms with van der Waals surface area (Å²) in [6.45, 7) is 7.11. The smallest absolute Gasteiger partial charge is 0.781 e. The molecule has 0 aliphatic carbocycles. The zero-order chi connectivity index (χ0) is 29.1. The molecule has 0 aliphatic rings. The first-order chi connectivity index (χ1) is 16.7. The van der Waals surface area contributed by atoms with Gasteiger partial charge in [-0.2, -0.15) is 0 Å². The molecule has 0 saturated carbocycles. The SMILES string of the molecule is CCO[PH](=O)O[PH](=O)[O-].CCO[PH](=O)O[PH](=O)[O-].CCO[PH](=O)O[PH](=O)[O-].CCO[PH](=O)O[PH](=O)[O-].[Re+4]. The number of hydrogen-bond acceptors (Lipinski definition) is 20. The van der Waals surface area contributed by atoms with Crippen LogP contribution >= 0.6 is 66.0 Å². The molecule has 0 aliphatic heterocycles. The predicted octanol–water partition coefficient (Wildman–Crippen LogP) is 0.714. The van der Waals surface area contributed by atoms with Gasteiger partial charge in [0.05, 0.1) is 26.4 Å². The van der Waals surface area contributed by atoms with Gasteiger partial charge in [-0.05, 0) is 27.7 Å². The second kappa shape index (κ2) is 36.0. The monoisotopic (exact) mass is 879 g/mol. The normalized spacial score (nSPS) is 16.6. The van der Waals surface area contributed by atoms with Gasteiger partial charge in [-0.25, -0.2) is 0 Å². The van der Waals surface area contributed by atoms with Crippen LogP contribution in [0.4, 0.5) is 0 Å². The molecule has 0 aromatic heterocycles. The first-order valence-corrected chi connectivity index (χ1v) is 18.7. The summed E-state index contributed by atoms with van der Waals surface area (Å²) in [7, 11) is -24.5. The molecule has 0 spiro atoms. The Morgan fingerprint density at radius 2 is 0.541 bits per heavy atom. The van der Waals surface area contributed by atoms with E-state index in [0.717, 1.165) is 0 Å². The van der Waals surface area contributed by atoms with Crippen molar-refractivity contribution in [3.8, 4) is 0 Å². The van der Waals surface area contributed by atoms with Crippen LogP contribution in [-0.4, -0.2) is 26.4 Å². The molecule has 0 fully saturated rings. The van der Waals surface area contributed by atoms with Crippen molar-refractivity contribution in [2.75, 3.05) is 26.4 Å². The molecule has 0 rings (SSSR count). The molecule has 37 heavy (non-hydrogen) atoms. The van der Waals surface area contributed by atoms with Crippen molar-refractivity contribution in [3.63, 3.8) is 0 Å². The van der Waals surface area contributed by atoms with E-state index in [9.17, 15) is 56.1 Å². The van der Waals surface area contributed by atoms with Crippen molar-refractivity contribution >= 4 is 66.0 Å². The maximum atomic E-state index is 10.2. The fourth-order valence-electron chi connectivity index (χ4n) is 0.861. The summed E-state index contributed by atoms with van der Waals surface area (Å²) >= 11 is 0. The van der Waals surface area contributed by atoms with E-state index in [-0.39, 0.29) is 46.9 Å². The average molecular weight is 878 g/mol. The Labute approximate surface area is 231 Å². The molecule has 29 heteroatoms. The molecule has 0 saturated heterocycles. The van der Waals surface area contributed by atoms with Crippen molar-refractivity contribution in [3.05, 3.63) is 0 Å². The molecule has 20 nitrogen and oxygen atoms in total. The van der Waals surface area contributed by atoms with E-state index in [4.69, 9.17) is 0 Å². The van der Waals surface area contributed by atoms with Crippen molar-refractivity contribution in [1.29, 1.82) is 0 Å². The van der Waals surface area contributed by atoms with E-state index in [1.165, 1.54) is 0 Å². The topological polar surface area (TPSA) is 303 Å². The van der Waals surface area contributed by atoms with E-state index < -0.39 is 66.0 Å². The molecule has 0 aromatic carbocycles. The van der Waals surface area contributed by atoms with E-state index in [1.54, 1.807) is 27.7 Å². The Hall–Kier alpha value is 2.02. The van der Waals surface area contributed by atoms with E-state index in [2.05, 4.69) is 35.3 Å². The Morgan fingerprint density at radius 1 is 0.405 bits per heavy atom. The average Bonchev–Trinajstić information content (AvgIpc) is 2.68. The zero-order valence-electron chi connectivity index (χ0n) is 19.4. The van der Waals surface area contributed by atoms with E-state index in [0.29, 0.717) is 0 Å². The molecule has 227 valence electrons. The fourth-order valence-corrected chi connectivity index (χ4v) is 4.92. The Kier molecular flexibility index (Phi) is 47.5. The standard InChI is InChI=1S/4C2H8O5P2.Re/c4*1-2-6-9(5)7-8(3)4;/h4*8-9H,2H2,1H3,(H,3,4);/q;;;;+4/p-4. The summed E-state index contributed by atoms with van der Waals surface area (Å²) in [6.07, 6.45) is 0. The summed E-state index contributed by atoms with van der Waals surface area (Å²) < 4.78 is 112. The fraction of sp³-hybridized carbons (Fsp3) is 1.00. The minimum atomic E-state index is -3.35. The van der Waals surface area contributed by atoms with Gasteiger partial charge < -0.3 is 55.9 Å². The van der Waals surface area contributed by atoms with Crippen LogP contribution in [0.2, 0.25) is 0 Å². The van der Waals surface area contributed by atoms with E-state index >= 15 is 0 Å². The van der Waals surface area contributed by atoms with Crippen molar-refractivity contribution in [2.24, 2.45) is 0 Å². The molecular weight excluding hydrogens is 850 g/mol. The largest absolute Gasteiger partial charge is 4.00 e. The third-order valence-corrected chi connectivity index (χ3v) is 9.15. The summed E-state index contributed by atoms with van der Waals surface area (Å²) in [4.78, 5) is 38.7. The van der Waals surface area contributed by atoms with Gasteiger partial charge in [-0.15, -0.1) is 0 Å². The van der Waals surface area contributed by atoms with Gasteiger partial charge in [0.1, 0.15) is 33.0 Å². The van der Waals surface area contributed by atoms with Crippen LogP contribution in [0.3, 0.4) is 0 Å². The van der Waals surface area contributed by atoms with Crippen molar-refractivity contribution in [2.45, 2.75) is 27.7 Å². The minimum absolute atomic E-state index is 0. The van der Waals surface area contributed by atoms with Gasteiger partial charge in [-0.3, -0.25) is 35.5 Å². The molecular formula is C8H28O20P8Re. The van der Waals surface area contributed by atoms with Gasteiger partial charge in [0, 0.05) is 0 Å².